The average Bonchev–Trinajstić information content (AvgIpc) is 2.26. The molecule has 0 saturated heterocycles. The van der Waals surface area contributed by atoms with E-state index in [-0.39, 0.29) is 5.41 Å². The van der Waals surface area contributed by atoms with Crippen LogP contribution in [0.1, 0.15) is 44.4 Å². The predicted octanol–water partition coefficient (Wildman–Crippen LogP) is 4.58. The summed E-state index contributed by atoms with van der Waals surface area (Å²) in [5, 5.41) is 4.66. The molecule has 2 nitrogen and oxygen atoms in total. The fraction of sp³-hybridized carbons (Fsp3) is 0.471. The highest BCUT2D eigenvalue weighted by molar-refractivity contribution is 5.86. The highest BCUT2D eigenvalue weighted by Gasteiger charge is 2.20. The lowest BCUT2D eigenvalue weighted by Gasteiger charge is -2.23. The molecule has 0 aliphatic rings. The van der Waals surface area contributed by atoms with Crippen molar-refractivity contribution < 1.29 is 0 Å². The molecule has 102 valence electrons. The number of pyridine rings is 1. The Kier molecular flexibility index (Phi) is 3.53. The summed E-state index contributed by atoms with van der Waals surface area (Å²) >= 11 is 0. The van der Waals surface area contributed by atoms with Crippen molar-refractivity contribution in [3.8, 4) is 0 Å². The van der Waals surface area contributed by atoms with Gasteiger partial charge in [0.05, 0.1) is 5.52 Å². The topological polar surface area (TPSA) is 24.9 Å². The number of aromatic nitrogens is 1. The van der Waals surface area contributed by atoms with Gasteiger partial charge in [0.25, 0.3) is 0 Å². The molecule has 0 amide bonds. The molecule has 0 radical (unpaired) electrons. The minimum atomic E-state index is 0.0933. The molecule has 1 aromatic heterocycles. The minimum Gasteiger partial charge on any atom is -0.370 e. The Morgan fingerprint density at radius 1 is 1.11 bits per heavy atom. The molecule has 19 heavy (non-hydrogen) atoms. The SMILES string of the molecule is CCNc1nc2cc(C)cc(C)c2cc1C(C)(C)C. The Labute approximate surface area is 116 Å². The quantitative estimate of drug-likeness (QED) is 0.850. The van der Waals surface area contributed by atoms with E-state index in [0.717, 1.165) is 17.9 Å². The second-order valence-electron chi connectivity index (χ2n) is 6.31. The summed E-state index contributed by atoms with van der Waals surface area (Å²) in [7, 11) is 0. The van der Waals surface area contributed by atoms with Crippen LogP contribution in [0.2, 0.25) is 0 Å². The standard InChI is InChI=1S/C17H24N2/c1-7-18-16-14(17(4,5)6)10-13-12(3)8-11(2)9-15(13)19-16/h8-10H,7H2,1-6H3,(H,18,19). The van der Waals surface area contributed by atoms with Crippen molar-refractivity contribution in [1.82, 2.24) is 4.98 Å². The van der Waals surface area contributed by atoms with Crippen LogP contribution in [-0.2, 0) is 5.41 Å². The molecule has 0 bridgehead atoms. The Bertz CT molecular complexity index is 607. The Morgan fingerprint density at radius 2 is 1.79 bits per heavy atom. The second kappa shape index (κ2) is 4.84. The van der Waals surface area contributed by atoms with Crippen molar-refractivity contribution in [2.24, 2.45) is 0 Å². The van der Waals surface area contributed by atoms with Gasteiger partial charge >= 0.3 is 0 Å². The van der Waals surface area contributed by atoms with E-state index in [9.17, 15) is 0 Å². The number of aryl methyl sites for hydroxylation is 2. The number of fused-ring (bicyclic) bond motifs is 1. The third kappa shape index (κ3) is 2.73. The van der Waals surface area contributed by atoms with Crippen LogP contribution >= 0.6 is 0 Å². The molecule has 2 aromatic rings. The zero-order chi connectivity index (χ0) is 14.2. The van der Waals surface area contributed by atoms with Crippen LogP contribution in [0.5, 0.6) is 0 Å². The zero-order valence-electron chi connectivity index (χ0n) is 12.9. The monoisotopic (exact) mass is 256 g/mol. The fourth-order valence-electron chi connectivity index (χ4n) is 2.50. The van der Waals surface area contributed by atoms with Crippen molar-refractivity contribution >= 4 is 16.7 Å². The Morgan fingerprint density at radius 3 is 2.37 bits per heavy atom. The molecule has 0 saturated carbocycles. The van der Waals surface area contributed by atoms with Gasteiger partial charge in [0, 0.05) is 17.5 Å². The molecule has 1 aromatic carbocycles. The summed E-state index contributed by atoms with van der Waals surface area (Å²) in [6.45, 7) is 14.0. The number of hydrogen-bond acceptors (Lipinski definition) is 2. The number of benzene rings is 1. The average molecular weight is 256 g/mol. The van der Waals surface area contributed by atoms with Gasteiger partial charge in [-0.2, -0.15) is 0 Å². The van der Waals surface area contributed by atoms with Gasteiger partial charge in [-0.25, -0.2) is 4.98 Å². The predicted molar refractivity (Wildman–Crippen MR) is 84.1 cm³/mol. The molecule has 0 fully saturated rings. The van der Waals surface area contributed by atoms with Gasteiger partial charge < -0.3 is 5.32 Å². The maximum absolute atomic E-state index is 4.84. The molecule has 1 heterocycles. The summed E-state index contributed by atoms with van der Waals surface area (Å²) in [6.07, 6.45) is 0. The molecule has 0 aliphatic heterocycles. The Hall–Kier alpha value is -1.57. The van der Waals surface area contributed by atoms with E-state index in [1.807, 2.05) is 0 Å². The first-order valence-corrected chi connectivity index (χ1v) is 6.99. The zero-order valence-corrected chi connectivity index (χ0v) is 12.9. The highest BCUT2D eigenvalue weighted by atomic mass is 15.0. The normalized spacial score (nSPS) is 11.9. The van der Waals surface area contributed by atoms with E-state index in [1.54, 1.807) is 0 Å². The van der Waals surface area contributed by atoms with Crippen molar-refractivity contribution in [3.05, 3.63) is 34.9 Å². The van der Waals surface area contributed by atoms with Crippen LogP contribution in [-0.4, -0.2) is 11.5 Å². The van der Waals surface area contributed by atoms with Crippen molar-refractivity contribution in [3.63, 3.8) is 0 Å². The lowest BCUT2D eigenvalue weighted by molar-refractivity contribution is 0.590. The van der Waals surface area contributed by atoms with E-state index in [4.69, 9.17) is 4.98 Å². The molecule has 1 N–H and O–H groups in total. The Balaban J connectivity index is 2.76. The molecular formula is C17H24N2. The van der Waals surface area contributed by atoms with Crippen LogP contribution in [0.4, 0.5) is 5.82 Å². The van der Waals surface area contributed by atoms with E-state index in [1.165, 1.54) is 22.1 Å². The number of nitrogens with zero attached hydrogens (tertiary/aromatic N) is 1. The van der Waals surface area contributed by atoms with Crippen molar-refractivity contribution in [2.75, 3.05) is 11.9 Å². The first-order valence-electron chi connectivity index (χ1n) is 6.99. The van der Waals surface area contributed by atoms with Crippen molar-refractivity contribution in [2.45, 2.75) is 47.0 Å². The molecular weight excluding hydrogens is 232 g/mol. The van der Waals surface area contributed by atoms with Crippen LogP contribution in [0.3, 0.4) is 0 Å². The highest BCUT2D eigenvalue weighted by Crippen LogP contribution is 2.32. The molecule has 0 unspecified atom stereocenters. The summed E-state index contributed by atoms with van der Waals surface area (Å²) in [6, 6.07) is 6.69. The van der Waals surface area contributed by atoms with Crippen molar-refractivity contribution in [1.29, 1.82) is 0 Å². The lowest BCUT2D eigenvalue weighted by atomic mass is 9.86. The first-order chi connectivity index (χ1) is 8.82. The first kappa shape index (κ1) is 13.9. The van der Waals surface area contributed by atoms with E-state index < -0.39 is 0 Å². The molecule has 2 rings (SSSR count). The summed E-state index contributed by atoms with van der Waals surface area (Å²) < 4.78 is 0. The third-order valence-corrected chi connectivity index (χ3v) is 3.44. The van der Waals surface area contributed by atoms with Crippen LogP contribution in [0.25, 0.3) is 10.9 Å². The smallest absolute Gasteiger partial charge is 0.130 e. The minimum absolute atomic E-state index is 0.0933. The van der Waals surface area contributed by atoms with Gasteiger partial charge in [0.15, 0.2) is 0 Å². The molecule has 0 atom stereocenters. The largest absolute Gasteiger partial charge is 0.370 e. The van der Waals surface area contributed by atoms with E-state index in [2.05, 4.69) is 65.1 Å². The van der Waals surface area contributed by atoms with E-state index in [0.29, 0.717) is 0 Å². The van der Waals surface area contributed by atoms with Gasteiger partial charge in [-0.3, -0.25) is 0 Å². The molecule has 0 aliphatic carbocycles. The molecule has 2 heteroatoms. The molecule has 0 spiro atoms. The van der Waals surface area contributed by atoms with E-state index >= 15 is 0 Å². The summed E-state index contributed by atoms with van der Waals surface area (Å²) in [4.78, 5) is 4.84. The summed E-state index contributed by atoms with van der Waals surface area (Å²) in [5.41, 5.74) is 5.03. The second-order valence-corrected chi connectivity index (χ2v) is 6.31. The third-order valence-electron chi connectivity index (χ3n) is 3.44. The summed E-state index contributed by atoms with van der Waals surface area (Å²) in [5.74, 6) is 1.02. The fourth-order valence-corrected chi connectivity index (χ4v) is 2.50. The van der Waals surface area contributed by atoms with Gasteiger partial charge in [-0.1, -0.05) is 26.8 Å². The van der Waals surface area contributed by atoms with Gasteiger partial charge in [0.1, 0.15) is 5.82 Å². The van der Waals surface area contributed by atoms with Gasteiger partial charge in [-0.05, 0) is 49.4 Å². The number of hydrogen-bond donors (Lipinski definition) is 1. The number of nitrogens with one attached hydrogen (secondary N) is 1. The van der Waals surface area contributed by atoms with Crippen LogP contribution in [0, 0.1) is 13.8 Å². The number of anilines is 1. The maximum Gasteiger partial charge on any atom is 0.130 e. The maximum atomic E-state index is 4.84. The lowest BCUT2D eigenvalue weighted by Crippen LogP contribution is -2.16. The number of rotatable bonds is 2. The van der Waals surface area contributed by atoms with Crippen LogP contribution < -0.4 is 5.32 Å². The van der Waals surface area contributed by atoms with Gasteiger partial charge in [0.2, 0.25) is 0 Å². The van der Waals surface area contributed by atoms with Gasteiger partial charge in [-0.15, -0.1) is 0 Å². The van der Waals surface area contributed by atoms with Crippen LogP contribution in [0.15, 0.2) is 18.2 Å².